The largest absolute Gasteiger partial charge is 0.497 e. The van der Waals surface area contributed by atoms with Crippen molar-refractivity contribution in [2.45, 2.75) is 9.79 Å². The highest BCUT2D eigenvalue weighted by Gasteiger charge is 2.27. The van der Waals surface area contributed by atoms with Gasteiger partial charge in [0.1, 0.15) is 10.6 Å². The van der Waals surface area contributed by atoms with Gasteiger partial charge in [0.05, 0.1) is 16.9 Å². The number of benzene rings is 2. The van der Waals surface area contributed by atoms with Crippen molar-refractivity contribution in [1.82, 2.24) is 0 Å². The Balaban J connectivity index is 2.64. The molecule has 0 spiro atoms. The van der Waals surface area contributed by atoms with E-state index < -0.39 is 20.4 Å². The first-order valence-corrected chi connectivity index (χ1v) is 7.07. The average molecular weight is 293 g/mol. The summed E-state index contributed by atoms with van der Waals surface area (Å²) in [6, 6.07) is 11.0. The van der Waals surface area contributed by atoms with E-state index in [0.29, 0.717) is 5.75 Å². The maximum absolute atomic E-state index is 12.5. The molecule has 0 aliphatic heterocycles. The van der Waals surface area contributed by atoms with E-state index in [4.69, 9.17) is 4.74 Å². The third-order valence-electron chi connectivity index (χ3n) is 2.70. The van der Waals surface area contributed by atoms with Crippen LogP contribution in [-0.2, 0) is 9.84 Å². The molecule has 0 saturated carbocycles. The van der Waals surface area contributed by atoms with Crippen molar-refractivity contribution in [3.8, 4) is 5.75 Å². The Morgan fingerprint density at radius 3 is 2.45 bits per heavy atom. The first-order chi connectivity index (χ1) is 9.46. The van der Waals surface area contributed by atoms with Crippen LogP contribution in [0.4, 0.5) is 5.69 Å². The molecule has 0 fully saturated rings. The van der Waals surface area contributed by atoms with Crippen LogP contribution in [0.2, 0.25) is 0 Å². The Bertz CT molecular complexity index is 755. The fourth-order valence-corrected chi connectivity index (χ4v) is 3.19. The van der Waals surface area contributed by atoms with Gasteiger partial charge in [-0.25, -0.2) is 8.42 Å². The SMILES string of the molecule is COc1cccc(S(=O)(=O)c2ccccc2[N+](=O)[O-])c1. The highest BCUT2D eigenvalue weighted by atomic mass is 32.2. The lowest BCUT2D eigenvalue weighted by Crippen LogP contribution is -2.05. The third-order valence-corrected chi connectivity index (χ3v) is 4.50. The van der Waals surface area contributed by atoms with E-state index in [-0.39, 0.29) is 9.79 Å². The number of nitro groups is 1. The molecule has 104 valence electrons. The van der Waals surface area contributed by atoms with Crippen LogP contribution in [0.1, 0.15) is 0 Å². The molecule has 2 rings (SSSR count). The molecule has 0 aliphatic carbocycles. The maximum atomic E-state index is 12.5. The summed E-state index contributed by atoms with van der Waals surface area (Å²) in [5, 5.41) is 10.9. The number of rotatable bonds is 4. The zero-order valence-corrected chi connectivity index (χ0v) is 11.3. The number of sulfone groups is 1. The van der Waals surface area contributed by atoms with E-state index in [1.807, 2.05) is 0 Å². The van der Waals surface area contributed by atoms with E-state index in [2.05, 4.69) is 0 Å². The van der Waals surface area contributed by atoms with E-state index in [1.165, 1.54) is 43.5 Å². The molecule has 20 heavy (non-hydrogen) atoms. The fraction of sp³-hybridized carbons (Fsp3) is 0.0769. The van der Waals surface area contributed by atoms with Crippen molar-refractivity contribution < 1.29 is 18.1 Å². The van der Waals surface area contributed by atoms with Crippen molar-refractivity contribution in [1.29, 1.82) is 0 Å². The van der Waals surface area contributed by atoms with Crippen LogP contribution in [0, 0.1) is 10.1 Å². The van der Waals surface area contributed by atoms with Crippen LogP contribution in [0.15, 0.2) is 58.3 Å². The second-order valence-electron chi connectivity index (χ2n) is 3.91. The first-order valence-electron chi connectivity index (χ1n) is 5.59. The summed E-state index contributed by atoms with van der Waals surface area (Å²) in [4.78, 5) is 9.84. The predicted molar refractivity (Wildman–Crippen MR) is 71.5 cm³/mol. The minimum atomic E-state index is -3.97. The lowest BCUT2D eigenvalue weighted by molar-refractivity contribution is -0.387. The predicted octanol–water partition coefficient (Wildman–Crippen LogP) is 2.44. The van der Waals surface area contributed by atoms with Crippen LogP contribution in [0.3, 0.4) is 0 Å². The lowest BCUT2D eigenvalue weighted by Gasteiger charge is -2.07. The number of para-hydroxylation sites is 1. The number of nitro benzene ring substituents is 1. The molecule has 0 saturated heterocycles. The van der Waals surface area contributed by atoms with Gasteiger partial charge in [-0.15, -0.1) is 0 Å². The molecule has 2 aromatic carbocycles. The Hall–Kier alpha value is -2.41. The van der Waals surface area contributed by atoms with Crippen molar-refractivity contribution >= 4 is 15.5 Å². The molecule has 0 amide bonds. The minimum absolute atomic E-state index is 0.0499. The Labute approximate surface area is 115 Å². The molecule has 0 radical (unpaired) electrons. The van der Waals surface area contributed by atoms with Gasteiger partial charge in [0.15, 0.2) is 0 Å². The summed E-state index contributed by atoms with van der Waals surface area (Å²) in [6.07, 6.45) is 0. The van der Waals surface area contributed by atoms with Crippen molar-refractivity contribution in [2.75, 3.05) is 7.11 Å². The van der Waals surface area contributed by atoms with Crippen LogP contribution in [0.5, 0.6) is 5.75 Å². The number of hydrogen-bond acceptors (Lipinski definition) is 5. The van der Waals surface area contributed by atoms with Gasteiger partial charge in [-0.05, 0) is 24.3 Å². The third kappa shape index (κ3) is 2.48. The molecular weight excluding hydrogens is 282 g/mol. The molecule has 0 aliphatic rings. The molecule has 0 atom stereocenters. The number of hydrogen-bond donors (Lipinski definition) is 0. The number of methoxy groups -OCH3 is 1. The van der Waals surface area contributed by atoms with Crippen LogP contribution in [0.25, 0.3) is 0 Å². The standard InChI is InChI=1S/C13H11NO5S/c1-19-10-5-4-6-11(9-10)20(17,18)13-8-3-2-7-12(13)14(15)16/h2-9H,1H3. The molecule has 0 aromatic heterocycles. The van der Waals surface area contributed by atoms with E-state index >= 15 is 0 Å². The van der Waals surface area contributed by atoms with Gasteiger partial charge in [0, 0.05) is 6.07 Å². The van der Waals surface area contributed by atoms with Crippen molar-refractivity contribution in [3.05, 3.63) is 58.6 Å². The summed E-state index contributed by atoms with van der Waals surface area (Å²) in [5.74, 6) is 0.365. The summed E-state index contributed by atoms with van der Waals surface area (Å²) < 4.78 is 29.9. The summed E-state index contributed by atoms with van der Waals surface area (Å²) >= 11 is 0. The molecule has 0 N–H and O–H groups in total. The van der Waals surface area contributed by atoms with Crippen molar-refractivity contribution in [2.24, 2.45) is 0 Å². The Morgan fingerprint density at radius 2 is 1.80 bits per heavy atom. The molecule has 6 nitrogen and oxygen atoms in total. The van der Waals surface area contributed by atoms with Crippen LogP contribution < -0.4 is 4.74 Å². The van der Waals surface area contributed by atoms with Gasteiger partial charge in [0.2, 0.25) is 9.84 Å². The van der Waals surface area contributed by atoms with Crippen LogP contribution in [-0.4, -0.2) is 20.5 Å². The quantitative estimate of drug-likeness (QED) is 0.638. The second-order valence-corrected chi connectivity index (χ2v) is 5.83. The summed E-state index contributed by atoms with van der Waals surface area (Å²) in [7, 11) is -2.56. The minimum Gasteiger partial charge on any atom is -0.497 e. The van der Waals surface area contributed by atoms with Gasteiger partial charge >= 0.3 is 0 Å². The molecule has 0 bridgehead atoms. The average Bonchev–Trinajstić information content (AvgIpc) is 2.47. The normalized spacial score (nSPS) is 11.1. The van der Waals surface area contributed by atoms with E-state index in [0.717, 1.165) is 6.07 Å². The van der Waals surface area contributed by atoms with E-state index in [1.54, 1.807) is 6.07 Å². The van der Waals surface area contributed by atoms with Crippen molar-refractivity contribution in [3.63, 3.8) is 0 Å². The summed E-state index contributed by atoms with van der Waals surface area (Å²) in [6.45, 7) is 0. The van der Waals surface area contributed by atoms with Crippen LogP contribution >= 0.6 is 0 Å². The van der Waals surface area contributed by atoms with Gasteiger partial charge < -0.3 is 4.74 Å². The smallest absolute Gasteiger partial charge is 0.288 e. The zero-order chi connectivity index (χ0) is 14.8. The second kappa shape index (κ2) is 5.30. The highest BCUT2D eigenvalue weighted by molar-refractivity contribution is 7.91. The Kier molecular flexibility index (Phi) is 3.71. The maximum Gasteiger partial charge on any atom is 0.288 e. The van der Waals surface area contributed by atoms with Gasteiger partial charge in [-0.3, -0.25) is 10.1 Å². The lowest BCUT2D eigenvalue weighted by atomic mass is 10.3. The monoisotopic (exact) mass is 293 g/mol. The zero-order valence-electron chi connectivity index (χ0n) is 10.5. The molecule has 7 heteroatoms. The molecule has 0 heterocycles. The highest BCUT2D eigenvalue weighted by Crippen LogP contribution is 2.30. The molecular formula is C13H11NO5S. The van der Waals surface area contributed by atoms with Gasteiger partial charge in [-0.2, -0.15) is 0 Å². The topological polar surface area (TPSA) is 86.5 Å². The van der Waals surface area contributed by atoms with Gasteiger partial charge in [0.25, 0.3) is 5.69 Å². The van der Waals surface area contributed by atoms with E-state index in [9.17, 15) is 18.5 Å². The molecule has 0 unspecified atom stereocenters. The molecule has 2 aromatic rings. The number of ether oxygens (including phenoxy) is 1. The summed E-state index contributed by atoms with van der Waals surface area (Å²) in [5.41, 5.74) is -0.449. The number of nitrogens with zero attached hydrogens (tertiary/aromatic N) is 1. The first kappa shape index (κ1) is 14.0. The Morgan fingerprint density at radius 1 is 1.10 bits per heavy atom. The van der Waals surface area contributed by atoms with Gasteiger partial charge in [-0.1, -0.05) is 18.2 Å². The fourth-order valence-electron chi connectivity index (χ4n) is 1.73.